The number of piperazine rings is 1. The quantitative estimate of drug-likeness (QED) is 0.735. The highest BCUT2D eigenvalue weighted by Gasteiger charge is 2.36. The van der Waals surface area contributed by atoms with E-state index in [0.717, 1.165) is 6.07 Å². The van der Waals surface area contributed by atoms with Crippen LogP contribution in [0.25, 0.3) is 0 Å². The minimum atomic E-state index is -4.41. The molecule has 0 saturated carbocycles. The Morgan fingerprint density at radius 1 is 1.16 bits per heavy atom. The van der Waals surface area contributed by atoms with Gasteiger partial charge in [-0.25, -0.2) is 0 Å². The lowest BCUT2D eigenvalue weighted by molar-refractivity contribution is -0.137. The number of nitrogens with two attached hydrogens (primary N) is 1. The molecule has 0 radical (unpaired) electrons. The molecule has 0 atom stereocenters. The van der Waals surface area contributed by atoms with Crippen LogP contribution in [0.3, 0.4) is 0 Å². The third-order valence-electron chi connectivity index (χ3n) is 3.83. The summed E-state index contributed by atoms with van der Waals surface area (Å²) in [5, 5.41) is 0. The van der Waals surface area contributed by atoms with Crippen LogP contribution in [-0.2, 0) is 11.0 Å². The Bertz CT molecular complexity index is 567. The number of hydrogen-bond acceptors (Lipinski definition) is 3. The van der Waals surface area contributed by atoms with Crippen molar-refractivity contribution in [1.82, 2.24) is 4.90 Å². The standard InChI is InChI=1S/C15H19BrF3N3O.2ClH/c16-11-3-4-13(12(10-11)15(17,18)19)21-6-8-22(9-7-21)14(23)2-1-5-20;;/h3-4,10H,1-2,5-9,20H2;2*1H. The number of carbonyl (C=O) groups is 1. The number of amides is 1. The van der Waals surface area contributed by atoms with Crippen molar-refractivity contribution in [3.05, 3.63) is 28.2 Å². The molecule has 1 aromatic rings. The van der Waals surface area contributed by atoms with Crippen molar-refractivity contribution >= 4 is 52.3 Å². The number of nitrogens with zero attached hydrogens (tertiary/aromatic N) is 2. The minimum absolute atomic E-state index is 0. The Labute approximate surface area is 165 Å². The zero-order valence-corrected chi connectivity index (χ0v) is 16.6. The van der Waals surface area contributed by atoms with Crippen LogP contribution in [0.5, 0.6) is 0 Å². The molecular weight excluding hydrogens is 446 g/mol. The molecule has 2 N–H and O–H groups in total. The zero-order valence-electron chi connectivity index (χ0n) is 13.4. The van der Waals surface area contributed by atoms with E-state index in [1.54, 1.807) is 15.9 Å². The first kappa shape index (κ1) is 24.3. The second kappa shape index (κ2) is 10.4. The smallest absolute Gasteiger partial charge is 0.367 e. The summed E-state index contributed by atoms with van der Waals surface area (Å²) in [7, 11) is 0. The minimum Gasteiger partial charge on any atom is -0.367 e. The van der Waals surface area contributed by atoms with Crippen LogP contribution in [0, 0.1) is 0 Å². The number of benzene rings is 1. The molecule has 0 unspecified atom stereocenters. The molecule has 10 heteroatoms. The topological polar surface area (TPSA) is 49.6 Å². The predicted octanol–water partition coefficient (Wildman–Crippen LogP) is 3.70. The van der Waals surface area contributed by atoms with Crippen LogP contribution in [0.1, 0.15) is 18.4 Å². The molecule has 2 rings (SSSR count). The van der Waals surface area contributed by atoms with E-state index in [0.29, 0.717) is 50.0 Å². The molecular formula is C15H21BrCl2F3N3O. The Hall–Kier alpha value is -0.700. The van der Waals surface area contributed by atoms with E-state index >= 15 is 0 Å². The fourth-order valence-electron chi connectivity index (χ4n) is 2.62. The van der Waals surface area contributed by atoms with E-state index in [-0.39, 0.29) is 36.4 Å². The van der Waals surface area contributed by atoms with Crippen molar-refractivity contribution in [1.29, 1.82) is 0 Å². The maximum atomic E-state index is 13.2. The lowest BCUT2D eigenvalue weighted by atomic mass is 10.1. The molecule has 0 spiro atoms. The number of rotatable bonds is 4. The van der Waals surface area contributed by atoms with Gasteiger partial charge in [0.1, 0.15) is 0 Å². The second-order valence-corrected chi connectivity index (χ2v) is 6.33. The van der Waals surface area contributed by atoms with Gasteiger partial charge >= 0.3 is 6.18 Å². The highest BCUT2D eigenvalue weighted by molar-refractivity contribution is 9.10. The predicted molar refractivity (Wildman–Crippen MR) is 101 cm³/mol. The first-order valence-electron chi connectivity index (χ1n) is 7.42. The normalized spacial score (nSPS) is 14.6. The molecule has 0 bridgehead atoms. The maximum Gasteiger partial charge on any atom is 0.418 e. The van der Waals surface area contributed by atoms with Crippen molar-refractivity contribution in [3.63, 3.8) is 0 Å². The molecule has 0 aliphatic carbocycles. The first-order chi connectivity index (χ1) is 10.8. The fraction of sp³-hybridized carbons (Fsp3) is 0.533. The molecule has 0 aromatic heterocycles. The molecule has 1 aliphatic heterocycles. The zero-order chi connectivity index (χ0) is 17.0. The molecule has 25 heavy (non-hydrogen) atoms. The second-order valence-electron chi connectivity index (χ2n) is 5.42. The molecule has 1 aromatic carbocycles. The van der Waals surface area contributed by atoms with Gasteiger partial charge in [-0.3, -0.25) is 4.79 Å². The highest BCUT2D eigenvalue weighted by Crippen LogP contribution is 2.38. The van der Waals surface area contributed by atoms with Crippen LogP contribution in [0.15, 0.2) is 22.7 Å². The maximum absolute atomic E-state index is 13.2. The van der Waals surface area contributed by atoms with Crippen LogP contribution < -0.4 is 10.6 Å². The van der Waals surface area contributed by atoms with Crippen LogP contribution >= 0.6 is 40.7 Å². The lowest BCUT2D eigenvalue weighted by Crippen LogP contribution is -2.49. The van der Waals surface area contributed by atoms with Gasteiger partial charge in [-0.2, -0.15) is 13.2 Å². The van der Waals surface area contributed by atoms with Crippen LogP contribution in [0.4, 0.5) is 18.9 Å². The summed E-state index contributed by atoms with van der Waals surface area (Å²) in [6, 6.07) is 4.16. The van der Waals surface area contributed by atoms with Crippen molar-refractivity contribution < 1.29 is 18.0 Å². The summed E-state index contributed by atoms with van der Waals surface area (Å²) in [5.41, 5.74) is 4.89. The van der Waals surface area contributed by atoms with Gasteiger partial charge in [0.15, 0.2) is 0 Å². The fourth-order valence-corrected chi connectivity index (χ4v) is 2.98. The van der Waals surface area contributed by atoms with E-state index in [4.69, 9.17) is 5.73 Å². The Morgan fingerprint density at radius 2 is 1.76 bits per heavy atom. The van der Waals surface area contributed by atoms with E-state index in [2.05, 4.69) is 15.9 Å². The van der Waals surface area contributed by atoms with E-state index < -0.39 is 11.7 Å². The van der Waals surface area contributed by atoms with Gasteiger partial charge in [0.2, 0.25) is 5.91 Å². The molecule has 1 heterocycles. The van der Waals surface area contributed by atoms with Gasteiger partial charge in [-0.1, -0.05) is 15.9 Å². The molecule has 4 nitrogen and oxygen atoms in total. The van der Waals surface area contributed by atoms with Gasteiger partial charge in [-0.15, -0.1) is 24.8 Å². The van der Waals surface area contributed by atoms with Gasteiger partial charge in [0.05, 0.1) is 5.56 Å². The molecule has 1 saturated heterocycles. The number of halogens is 6. The van der Waals surface area contributed by atoms with Gasteiger partial charge in [0, 0.05) is 42.8 Å². The Kier molecular flexibility index (Phi) is 10.2. The summed E-state index contributed by atoms with van der Waals surface area (Å²) >= 11 is 3.08. The van der Waals surface area contributed by atoms with E-state index in [1.807, 2.05) is 0 Å². The molecule has 1 fully saturated rings. The SMILES string of the molecule is Cl.Cl.NCCCC(=O)N1CCN(c2ccc(Br)cc2C(F)(F)F)CC1. The van der Waals surface area contributed by atoms with Gasteiger partial charge < -0.3 is 15.5 Å². The largest absolute Gasteiger partial charge is 0.418 e. The van der Waals surface area contributed by atoms with E-state index in [9.17, 15) is 18.0 Å². The highest BCUT2D eigenvalue weighted by atomic mass is 79.9. The Balaban J connectivity index is 0.00000288. The molecule has 144 valence electrons. The van der Waals surface area contributed by atoms with Crippen molar-refractivity contribution in [2.24, 2.45) is 5.73 Å². The first-order valence-corrected chi connectivity index (χ1v) is 8.22. The Morgan fingerprint density at radius 3 is 2.28 bits per heavy atom. The summed E-state index contributed by atoms with van der Waals surface area (Å²) in [6.07, 6.45) is -3.39. The van der Waals surface area contributed by atoms with Crippen molar-refractivity contribution in [3.8, 4) is 0 Å². The number of alkyl halides is 3. The third-order valence-corrected chi connectivity index (χ3v) is 4.33. The van der Waals surface area contributed by atoms with Crippen molar-refractivity contribution in [2.75, 3.05) is 37.6 Å². The molecule has 1 amide bonds. The number of hydrogen-bond donors (Lipinski definition) is 1. The van der Waals surface area contributed by atoms with Gasteiger partial charge in [0.25, 0.3) is 0 Å². The van der Waals surface area contributed by atoms with Crippen molar-refractivity contribution in [2.45, 2.75) is 19.0 Å². The number of anilines is 1. The summed E-state index contributed by atoms with van der Waals surface area (Å²) in [4.78, 5) is 15.3. The summed E-state index contributed by atoms with van der Waals surface area (Å²) in [5.74, 6) is 0.0157. The average molecular weight is 467 g/mol. The molecule has 1 aliphatic rings. The average Bonchev–Trinajstić information content (AvgIpc) is 2.52. The van der Waals surface area contributed by atoms with E-state index in [1.165, 1.54) is 6.07 Å². The summed E-state index contributed by atoms with van der Waals surface area (Å²) in [6.45, 7) is 2.09. The third kappa shape index (κ3) is 6.51. The van der Waals surface area contributed by atoms with Gasteiger partial charge in [-0.05, 0) is 31.2 Å². The van der Waals surface area contributed by atoms with Crippen LogP contribution in [-0.4, -0.2) is 43.5 Å². The number of carbonyl (C=O) groups excluding carboxylic acids is 1. The van der Waals surface area contributed by atoms with Crippen LogP contribution in [0.2, 0.25) is 0 Å². The monoisotopic (exact) mass is 465 g/mol. The lowest BCUT2D eigenvalue weighted by Gasteiger charge is -2.37. The summed E-state index contributed by atoms with van der Waals surface area (Å²) < 4.78 is 40.0.